The first kappa shape index (κ1) is 14.3. The van der Waals surface area contributed by atoms with E-state index >= 15 is 0 Å². The fraction of sp³-hybridized carbons (Fsp3) is 0.214. The first-order chi connectivity index (χ1) is 9.63. The highest BCUT2D eigenvalue weighted by molar-refractivity contribution is 6.29. The Morgan fingerprint density at radius 1 is 1.45 bits per heavy atom. The van der Waals surface area contributed by atoms with Crippen molar-refractivity contribution in [3.63, 3.8) is 0 Å². The average Bonchev–Trinajstić information content (AvgIpc) is 2.47. The summed E-state index contributed by atoms with van der Waals surface area (Å²) in [4.78, 5) is 20.4. The normalized spacial score (nSPS) is 10.2. The summed E-state index contributed by atoms with van der Waals surface area (Å²) in [6.45, 7) is 2.00. The molecule has 20 heavy (non-hydrogen) atoms. The van der Waals surface area contributed by atoms with Crippen LogP contribution >= 0.6 is 11.6 Å². The molecule has 104 valence electrons. The molecule has 0 saturated heterocycles. The van der Waals surface area contributed by atoms with E-state index in [-0.39, 0.29) is 11.1 Å². The van der Waals surface area contributed by atoms with Gasteiger partial charge in [0.25, 0.3) is 5.91 Å². The molecule has 0 aromatic carbocycles. The Morgan fingerprint density at radius 3 is 2.95 bits per heavy atom. The van der Waals surface area contributed by atoms with Crippen LogP contribution in [0.2, 0.25) is 5.15 Å². The van der Waals surface area contributed by atoms with E-state index in [1.165, 1.54) is 19.4 Å². The molecule has 0 spiro atoms. The molecule has 2 aromatic heterocycles. The second-order valence-corrected chi connectivity index (χ2v) is 4.42. The number of aryl methyl sites for hydroxylation is 1. The van der Waals surface area contributed by atoms with E-state index in [0.29, 0.717) is 17.1 Å². The van der Waals surface area contributed by atoms with Crippen LogP contribution in [0, 0.1) is 0 Å². The van der Waals surface area contributed by atoms with E-state index in [0.717, 1.165) is 12.1 Å². The highest BCUT2D eigenvalue weighted by atomic mass is 35.5. The van der Waals surface area contributed by atoms with Gasteiger partial charge in [0.05, 0.1) is 7.11 Å². The van der Waals surface area contributed by atoms with Gasteiger partial charge >= 0.3 is 0 Å². The lowest BCUT2D eigenvalue weighted by Crippen LogP contribution is -2.15. The summed E-state index contributed by atoms with van der Waals surface area (Å²) < 4.78 is 5.12. The summed E-state index contributed by atoms with van der Waals surface area (Å²) in [5, 5.41) is 2.98. The Bertz CT molecular complexity index is 632. The predicted molar refractivity (Wildman–Crippen MR) is 77.4 cm³/mol. The Labute approximate surface area is 122 Å². The van der Waals surface area contributed by atoms with Gasteiger partial charge in [0.15, 0.2) is 0 Å². The molecule has 1 N–H and O–H groups in total. The number of rotatable bonds is 4. The third-order valence-corrected chi connectivity index (χ3v) is 2.91. The van der Waals surface area contributed by atoms with E-state index in [9.17, 15) is 4.79 Å². The Balaban J connectivity index is 2.23. The number of amides is 1. The third kappa shape index (κ3) is 3.24. The lowest BCUT2D eigenvalue weighted by molar-refractivity contribution is 0.102. The second kappa shape index (κ2) is 6.34. The minimum absolute atomic E-state index is 0.268. The summed E-state index contributed by atoms with van der Waals surface area (Å²) in [6.07, 6.45) is 2.18. The van der Waals surface area contributed by atoms with Crippen molar-refractivity contribution in [2.24, 2.45) is 0 Å². The number of aromatic nitrogens is 2. The SMILES string of the molecule is CCc1cccc(NC(=O)c2cnc(Cl)cc2OC)n1. The number of hydrogen-bond donors (Lipinski definition) is 1. The van der Waals surface area contributed by atoms with Crippen LogP contribution in [0.4, 0.5) is 5.82 Å². The van der Waals surface area contributed by atoms with Gasteiger partial charge in [0.1, 0.15) is 22.3 Å². The molecule has 0 aliphatic heterocycles. The number of pyridine rings is 2. The van der Waals surface area contributed by atoms with Crippen LogP contribution < -0.4 is 10.1 Å². The maximum absolute atomic E-state index is 12.2. The Hall–Kier alpha value is -2.14. The largest absolute Gasteiger partial charge is 0.496 e. The van der Waals surface area contributed by atoms with Gasteiger partial charge in [0, 0.05) is 18.0 Å². The van der Waals surface area contributed by atoms with Gasteiger partial charge in [-0.25, -0.2) is 9.97 Å². The summed E-state index contributed by atoms with van der Waals surface area (Å²) in [7, 11) is 1.47. The van der Waals surface area contributed by atoms with E-state index < -0.39 is 0 Å². The molecular weight excluding hydrogens is 278 g/mol. The smallest absolute Gasteiger partial charge is 0.262 e. The maximum atomic E-state index is 12.2. The van der Waals surface area contributed by atoms with Crippen LogP contribution in [0.1, 0.15) is 23.0 Å². The van der Waals surface area contributed by atoms with Gasteiger partial charge in [-0.2, -0.15) is 0 Å². The molecule has 0 fully saturated rings. The molecule has 0 bridgehead atoms. The van der Waals surface area contributed by atoms with Crippen molar-refractivity contribution >= 4 is 23.3 Å². The van der Waals surface area contributed by atoms with Gasteiger partial charge in [-0.05, 0) is 18.6 Å². The van der Waals surface area contributed by atoms with Gasteiger partial charge < -0.3 is 10.1 Å². The quantitative estimate of drug-likeness (QED) is 0.880. The van der Waals surface area contributed by atoms with Crippen LogP contribution in [0.5, 0.6) is 5.75 Å². The zero-order valence-electron chi connectivity index (χ0n) is 11.2. The predicted octanol–water partition coefficient (Wildman–Crippen LogP) is 2.95. The van der Waals surface area contributed by atoms with Gasteiger partial charge in [-0.1, -0.05) is 24.6 Å². The van der Waals surface area contributed by atoms with Crippen molar-refractivity contribution in [2.75, 3.05) is 12.4 Å². The molecule has 0 aliphatic carbocycles. The van der Waals surface area contributed by atoms with Crippen LogP contribution in [0.3, 0.4) is 0 Å². The number of carbonyl (C=O) groups excluding carboxylic acids is 1. The van der Waals surface area contributed by atoms with Gasteiger partial charge in [-0.15, -0.1) is 0 Å². The molecule has 2 aromatic rings. The zero-order valence-corrected chi connectivity index (χ0v) is 11.9. The van der Waals surface area contributed by atoms with Crippen LogP contribution in [0.15, 0.2) is 30.5 Å². The van der Waals surface area contributed by atoms with E-state index in [1.54, 1.807) is 6.07 Å². The Kier molecular flexibility index (Phi) is 4.53. The van der Waals surface area contributed by atoms with Crippen molar-refractivity contribution in [2.45, 2.75) is 13.3 Å². The highest BCUT2D eigenvalue weighted by Crippen LogP contribution is 2.21. The fourth-order valence-corrected chi connectivity index (χ4v) is 1.83. The van der Waals surface area contributed by atoms with Crippen molar-refractivity contribution in [3.05, 3.63) is 46.9 Å². The molecule has 0 unspecified atom stereocenters. The van der Waals surface area contributed by atoms with Crippen molar-refractivity contribution in [1.29, 1.82) is 0 Å². The molecule has 0 aliphatic rings. The number of methoxy groups -OCH3 is 1. The number of hydrogen-bond acceptors (Lipinski definition) is 4. The van der Waals surface area contributed by atoms with Crippen LogP contribution in [0.25, 0.3) is 0 Å². The second-order valence-electron chi connectivity index (χ2n) is 4.03. The molecule has 0 radical (unpaired) electrons. The lowest BCUT2D eigenvalue weighted by Gasteiger charge is -2.09. The topological polar surface area (TPSA) is 64.1 Å². The number of nitrogens with one attached hydrogen (secondary N) is 1. The van der Waals surface area contributed by atoms with Crippen LogP contribution in [-0.4, -0.2) is 23.0 Å². The lowest BCUT2D eigenvalue weighted by atomic mass is 10.2. The third-order valence-electron chi connectivity index (χ3n) is 2.71. The first-order valence-electron chi connectivity index (χ1n) is 6.11. The Morgan fingerprint density at radius 2 is 2.25 bits per heavy atom. The number of anilines is 1. The molecule has 0 saturated carbocycles. The molecule has 0 atom stereocenters. The average molecular weight is 292 g/mol. The van der Waals surface area contributed by atoms with Gasteiger partial charge in [-0.3, -0.25) is 4.79 Å². The molecule has 2 heterocycles. The minimum Gasteiger partial charge on any atom is -0.496 e. The highest BCUT2D eigenvalue weighted by Gasteiger charge is 2.14. The minimum atomic E-state index is -0.341. The van der Waals surface area contributed by atoms with E-state index in [2.05, 4.69) is 15.3 Å². The molecule has 2 rings (SSSR count). The molecule has 5 nitrogen and oxygen atoms in total. The summed E-state index contributed by atoms with van der Waals surface area (Å²) >= 11 is 5.76. The summed E-state index contributed by atoms with van der Waals surface area (Å²) in [5.41, 5.74) is 1.21. The number of nitrogens with zero attached hydrogens (tertiary/aromatic N) is 2. The summed E-state index contributed by atoms with van der Waals surface area (Å²) in [5.74, 6) is 0.521. The fourth-order valence-electron chi connectivity index (χ4n) is 1.68. The maximum Gasteiger partial charge on any atom is 0.262 e. The molecule has 1 amide bonds. The van der Waals surface area contributed by atoms with Crippen molar-refractivity contribution in [3.8, 4) is 5.75 Å². The van der Waals surface area contributed by atoms with E-state index in [4.69, 9.17) is 16.3 Å². The number of ether oxygens (including phenoxy) is 1. The van der Waals surface area contributed by atoms with Crippen molar-refractivity contribution in [1.82, 2.24) is 9.97 Å². The first-order valence-corrected chi connectivity index (χ1v) is 6.48. The zero-order chi connectivity index (χ0) is 14.5. The van der Waals surface area contributed by atoms with Crippen molar-refractivity contribution < 1.29 is 9.53 Å². The number of carbonyl (C=O) groups is 1. The molecular formula is C14H14ClN3O2. The van der Waals surface area contributed by atoms with E-state index in [1.807, 2.05) is 19.1 Å². The monoisotopic (exact) mass is 291 g/mol. The number of halogens is 1. The summed E-state index contributed by atoms with van der Waals surface area (Å²) in [6, 6.07) is 6.97. The molecule has 6 heteroatoms. The van der Waals surface area contributed by atoms with Crippen LogP contribution in [-0.2, 0) is 6.42 Å². The standard InChI is InChI=1S/C14H14ClN3O2/c1-3-9-5-4-6-13(17-9)18-14(19)10-8-16-12(15)7-11(10)20-2/h4-8H,3H2,1-2H3,(H,17,18,19). The van der Waals surface area contributed by atoms with Gasteiger partial charge in [0.2, 0.25) is 0 Å².